The largest absolute Gasteiger partial charge is 0.493 e. The molecule has 0 aliphatic rings. The molecule has 0 atom stereocenters. The summed E-state index contributed by atoms with van der Waals surface area (Å²) in [5.74, 6) is 2.05. The normalized spacial score (nSPS) is 11.4. The lowest BCUT2D eigenvalue weighted by Crippen LogP contribution is -2.11. The Hall–Kier alpha value is -2.24. The zero-order valence-corrected chi connectivity index (χ0v) is 12.4. The third-order valence-corrected chi connectivity index (χ3v) is 2.85. The number of nitrogens with zero attached hydrogens (tertiary/aromatic N) is 2. The van der Waals surface area contributed by atoms with Crippen LogP contribution in [-0.4, -0.2) is 24.4 Å². The van der Waals surface area contributed by atoms with Gasteiger partial charge in [0.05, 0.1) is 19.8 Å². The zero-order chi connectivity index (χ0) is 14.9. The molecule has 108 valence electrons. The third-order valence-electron chi connectivity index (χ3n) is 2.85. The van der Waals surface area contributed by atoms with E-state index < -0.39 is 0 Å². The average Bonchev–Trinajstić information content (AvgIpc) is 2.87. The van der Waals surface area contributed by atoms with E-state index >= 15 is 0 Å². The van der Waals surface area contributed by atoms with Gasteiger partial charge in [-0.2, -0.15) is 0 Å². The maximum absolute atomic E-state index is 6.01. The second-order valence-corrected chi connectivity index (χ2v) is 5.46. The highest BCUT2D eigenvalue weighted by atomic mass is 16.5. The van der Waals surface area contributed by atoms with Gasteiger partial charge in [0.15, 0.2) is 11.5 Å². The lowest BCUT2D eigenvalue weighted by atomic mass is 9.97. The number of nitrogen functional groups attached to an aromatic ring is 1. The highest BCUT2D eigenvalue weighted by Gasteiger charge is 2.23. The minimum Gasteiger partial charge on any atom is -0.493 e. The first-order valence-corrected chi connectivity index (χ1v) is 6.22. The monoisotopic (exact) mass is 277 g/mol. The highest BCUT2D eigenvalue weighted by Crippen LogP contribution is 2.37. The molecule has 0 bridgehead atoms. The van der Waals surface area contributed by atoms with Crippen molar-refractivity contribution in [3.63, 3.8) is 0 Å². The summed E-state index contributed by atoms with van der Waals surface area (Å²) in [5.41, 5.74) is 6.92. The number of ether oxygens (including phenoxy) is 2. The summed E-state index contributed by atoms with van der Waals surface area (Å²) >= 11 is 0. The number of aromatic nitrogens is 2. The molecular weight excluding hydrogens is 258 g/mol. The van der Waals surface area contributed by atoms with Crippen molar-refractivity contribution in [2.75, 3.05) is 20.0 Å². The van der Waals surface area contributed by atoms with Crippen LogP contribution in [-0.2, 0) is 5.41 Å². The fourth-order valence-corrected chi connectivity index (χ4v) is 1.72. The molecule has 0 saturated heterocycles. The molecule has 0 aliphatic carbocycles. The average molecular weight is 277 g/mol. The molecule has 2 aromatic rings. The lowest BCUT2D eigenvalue weighted by molar-refractivity contribution is 0.355. The third kappa shape index (κ3) is 2.54. The topological polar surface area (TPSA) is 83.4 Å². The molecule has 2 rings (SSSR count). The van der Waals surface area contributed by atoms with Crippen LogP contribution in [0.2, 0.25) is 0 Å². The van der Waals surface area contributed by atoms with E-state index in [0.29, 0.717) is 34.5 Å². The van der Waals surface area contributed by atoms with E-state index in [2.05, 4.69) is 10.2 Å². The van der Waals surface area contributed by atoms with E-state index in [1.54, 1.807) is 26.4 Å². The molecule has 6 nitrogen and oxygen atoms in total. The van der Waals surface area contributed by atoms with Gasteiger partial charge in [0, 0.05) is 17.2 Å². The number of benzene rings is 1. The van der Waals surface area contributed by atoms with Crippen molar-refractivity contribution in [2.24, 2.45) is 0 Å². The molecular formula is C14H19N3O3. The van der Waals surface area contributed by atoms with E-state index in [9.17, 15) is 0 Å². The van der Waals surface area contributed by atoms with Crippen LogP contribution in [0.15, 0.2) is 16.5 Å². The van der Waals surface area contributed by atoms with Crippen LogP contribution >= 0.6 is 0 Å². The van der Waals surface area contributed by atoms with E-state index in [4.69, 9.17) is 19.6 Å². The summed E-state index contributed by atoms with van der Waals surface area (Å²) in [6.07, 6.45) is 0. The van der Waals surface area contributed by atoms with Gasteiger partial charge in [-0.3, -0.25) is 0 Å². The molecule has 0 spiro atoms. The summed E-state index contributed by atoms with van der Waals surface area (Å²) in [5, 5.41) is 8.11. The molecule has 20 heavy (non-hydrogen) atoms. The number of methoxy groups -OCH3 is 2. The summed E-state index contributed by atoms with van der Waals surface area (Å²) in [4.78, 5) is 0. The van der Waals surface area contributed by atoms with Crippen molar-refractivity contribution in [1.82, 2.24) is 10.2 Å². The Morgan fingerprint density at radius 2 is 1.65 bits per heavy atom. The fourth-order valence-electron chi connectivity index (χ4n) is 1.72. The SMILES string of the molecule is COc1cc(N)c(-c2nnc(C(C)(C)C)o2)cc1OC. The van der Waals surface area contributed by atoms with Crippen molar-refractivity contribution in [3.05, 3.63) is 18.0 Å². The Kier molecular flexibility index (Phi) is 3.57. The Labute approximate surface area is 117 Å². The number of nitrogens with two attached hydrogens (primary N) is 1. The Morgan fingerprint density at radius 1 is 1.05 bits per heavy atom. The van der Waals surface area contributed by atoms with Gasteiger partial charge in [0.25, 0.3) is 0 Å². The first-order valence-electron chi connectivity index (χ1n) is 6.22. The van der Waals surface area contributed by atoms with Crippen molar-refractivity contribution >= 4 is 5.69 Å². The maximum atomic E-state index is 6.01. The van der Waals surface area contributed by atoms with Gasteiger partial charge in [-0.05, 0) is 6.07 Å². The van der Waals surface area contributed by atoms with Gasteiger partial charge in [-0.15, -0.1) is 10.2 Å². The van der Waals surface area contributed by atoms with Crippen LogP contribution in [0, 0.1) is 0 Å². The van der Waals surface area contributed by atoms with Crippen molar-refractivity contribution in [3.8, 4) is 23.0 Å². The van der Waals surface area contributed by atoms with Gasteiger partial charge in [0.1, 0.15) is 0 Å². The van der Waals surface area contributed by atoms with Gasteiger partial charge in [0.2, 0.25) is 11.8 Å². The van der Waals surface area contributed by atoms with Crippen LogP contribution in [0.25, 0.3) is 11.5 Å². The number of hydrogen-bond donors (Lipinski definition) is 1. The molecule has 0 unspecified atom stereocenters. The summed E-state index contributed by atoms with van der Waals surface area (Å²) < 4.78 is 16.1. The molecule has 1 aromatic carbocycles. The van der Waals surface area contributed by atoms with Crippen LogP contribution in [0.3, 0.4) is 0 Å². The molecule has 1 aromatic heterocycles. The van der Waals surface area contributed by atoms with Crippen molar-refractivity contribution < 1.29 is 13.9 Å². The minimum absolute atomic E-state index is 0.212. The van der Waals surface area contributed by atoms with E-state index in [1.807, 2.05) is 20.8 Å². The number of hydrogen-bond acceptors (Lipinski definition) is 6. The number of anilines is 1. The van der Waals surface area contributed by atoms with E-state index in [-0.39, 0.29) is 5.41 Å². The molecule has 2 N–H and O–H groups in total. The molecule has 0 amide bonds. The van der Waals surface area contributed by atoms with E-state index in [1.165, 1.54) is 0 Å². The first-order chi connectivity index (χ1) is 9.36. The second-order valence-electron chi connectivity index (χ2n) is 5.46. The highest BCUT2D eigenvalue weighted by molar-refractivity contribution is 5.74. The predicted octanol–water partition coefficient (Wildman–Crippen LogP) is 2.63. The van der Waals surface area contributed by atoms with Crippen molar-refractivity contribution in [1.29, 1.82) is 0 Å². The predicted molar refractivity (Wildman–Crippen MR) is 76.0 cm³/mol. The van der Waals surface area contributed by atoms with Crippen LogP contribution in [0.4, 0.5) is 5.69 Å². The van der Waals surface area contributed by atoms with E-state index in [0.717, 1.165) is 0 Å². The van der Waals surface area contributed by atoms with Crippen LogP contribution in [0.1, 0.15) is 26.7 Å². The Balaban J connectivity index is 2.50. The molecule has 0 radical (unpaired) electrons. The van der Waals surface area contributed by atoms with Crippen molar-refractivity contribution in [2.45, 2.75) is 26.2 Å². The lowest BCUT2D eigenvalue weighted by Gasteiger charge is -2.12. The van der Waals surface area contributed by atoms with Gasteiger partial charge < -0.3 is 19.6 Å². The minimum atomic E-state index is -0.212. The van der Waals surface area contributed by atoms with Gasteiger partial charge >= 0.3 is 0 Å². The first kappa shape index (κ1) is 14.2. The van der Waals surface area contributed by atoms with Gasteiger partial charge in [-0.1, -0.05) is 20.8 Å². The Bertz CT molecular complexity index is 615. The Morgan fingerprint density at radius 3 is 2.15 bits per heavy atom. The second kappa shape index (κ2) is 5.03. The standard InChI is InChI=1S/C14H19N3O3/c1-14(2,3)13-17-16-12(20-13)8-6-10(18-4)11(19-5)7-9(8)15/h6-7H,15H2,1-5H3. The van der Waals surface area contributed by atoms with Crippen LogP contribution < -0.4 is 15.2 Å². The molecule has 1 heterocycles. The quantitative estimate of drug-likeness (QED) is 0.868. The number of rotatable bonds is 3. The molecule has 0 saturated carbocycles. The molecule has 0 aliphatic heterocycles. The van der Waals surface area contributed by atoms with Crippen LogP contribution in [0.5, 0.6) is 11.5 Å². The van der Waals surface area contributed by atoms with Gasteiger partial charge in [-0.25, -0.2) is 0 Å². The smallest absolute Gasteiger partial charge is 0.249 e. The summed E-state index contributed by atoms with van der Waals surface area (Å²) in [7, 11) is 3.12. The molecule has 6 heteroatoms. The zero-order valence-electron chi connectivity index (χ0n) is 12.4. The molecule has 0 fully saturated rings. The maximum Gasteiger partial charge on any atom is 0.249 e. The summed E-state index contributed by atoms with van der Waals surface area (Å²) in [6.45, 7) is 6.01. The fraction of sp³-hybridized carbons (Fsp3) is 0.429. The summed E-state index contributed by atoms with van der Waals surface area (Å²) in [6, 6.07) is 3.41.